The molecular weight excluding hydrogens is 142 g/mol. The van der Waals surface area contributed by atoms with Gasteiger partial charge >= 0.3 is 5.97 Å². The number of carboxylic acids is 1. The lowest BCUT2D eigenvalue weighted by Crippen LogP contribution is -2.03. The van der Waals surface area contributed by atoms with Crippen LogP contribution in [0.15, 0.2) is 0 Å². The van der Waals surface area contributed by atoms with Gasteiger partial charge in [0, 0.05) is 5.71 Å². The molecule has 0 unspecified atom stereocenters. The topological polar surface area (TPSA) is 61.2 Å². The number of carbonyl (C=O) groups is 1. The first-order valence-corrected chi connectivity index (χ1v) is 2.45. The highest BCUT2D eigenvalue weighted by molar-refractivity contribution is 5.96. The molecule has 4 heteroatoms. The standard InChI is InChI=1S/C5H9NO2.ClH/c1-2-4(6)3-5(7)8;/h6H,2-3H2,1H3,(H,7,8);1H. The van der Waals surface area contributed by atoms with Crippen LogP contribution in [0.2, 0.25) is 0 Å². The Bertz CT molecular complexity index is 114. The molecule has 0 saturated carbocycles. The van der Waals surface area contributed by atoms with Crippen molar-refractivity contribution in [3.05, 3.63) is 0 Å². The van der Waals surface area contributed by atoms with E-state index >= 15 is 0 Å². The van der Waals surface area contributed by atoms with E-state index in [-0.39, 0.29) is 24.5 Å². The van der Waals surface area contributed by atoms with Crippen LogP contribution in [0.1, 0.15) is 19.8 Å². The van der Waals surface area contributed by atoms with Gasteiger partial charge in [-0.2, -0.15) is 0 Å². The molecule has 0 aliphatic heterocycles. The van der Waals surface area contributed by atoms with Gasteiger partial charge in [-0.15, -0.1) is 12.4 Å². The van der Waals surface area contributed by atoms with Crippen LogP contribution in [-0.4, -0.2) is 16.8 Å². The Morgan fingerprint density at radius 2 is 2.11 bits per heavy atom. The maximum Gasteiger partial charge on any atom is 0.309 e. The highest BCUT2D eigenvalue weighted by Gasteiger charge is 1.98. The second-order valence-corrected chi connectivity index (χ2v) is 1.53. The Labute approximate surface area is 60.0 Å². The Kier molecular flexibility index (Phi) is 6.96. The van der Waals surface area contributed by atoms with Gasteiger partial charge in [-0.25, -0.2) is 0 Å². The lowest BCUT2D eigenvalue weighted by atomic mass is 10.2. The summed E-state index contributed by atoms with van der Waals surface area (Å²) < 4.78 is 0. The van der Waals surface area contributed by atoms with E-state index in [4.69, 9.17) is 10.5 Å². The van der Waals surface area contributed by atoms with Crippen molar-refractivity contribution in [1.82, 2.24) is 0 Å². The van der Waals surface area contributed by atoms with Crippen molar-refractivity contribution in [2.45, 2.75) is 19.8 Å². The molecule has 0 bridgehead atoms. The summed E-state index contributed by atoms with van der Waals surface area (Å²) in [7, 11) is 0. The molecule has 3 nitrogen and oxygen atoms in total. The van der Waals surface area contributed by atoms with E-state index in [1.165, 1.54) is 0 Å². The molecule has 0 radical (unpaired) electrons. The Balaban J connectivity index is 0. The Morgan fingerprint density at radius 3 is 2.22 bits per heavy atom. The number of rotatable bonds is 3. The fourth-order valence-electron chi connectivity index (χ4n) is 0.308. The predicted octanol–water partition coefficient (Wildman–Crippen LogP) is 1.31. The van der Waals surface area contributed by atoms with Gasteiger partial charge in [-0.3, -0.25) is 4.79 Å². The average molecular weight is 152 g/mol. The van der Waals surface area contributed by atoms with Gasteiger partial charge in [0.1, 0.15) is 0 Å². The van der Waals surface area contributed by atoms with Crippen molar-refractivity contribution >= 4 is 24.1 Å². The van der Waals surface area contributed by atoms with Crippen molar-refractivity contribution in [3.63, 3.8) is 0 Å². The summed E-state index contributed by atoms with van der Waals surface area (Å²) in [6.45, 7) is 1.77. The van der Waals surface area contributed by atoms with Gasteiger partial charge in [0.25, 0.3) is 0 Å². The molecule has 9 heavy (non-hydrogen) atoms. The first-order chi connectivity index (χ1) is 3.66. The third-order valence-corrected chi connectivity index (χ3v) is 0.791. The van der Waals surface area contributed by atoms with Gasteiger partial charge in [0.05, 0.1) is 6.42 Å². The van der Waals surface area contributed by atoms with Gasteiger partial charge in [-0.05, 0) is 6.42 Å². The molecular formula is C5H10ClNO2. The quantitative estimate of drug-likeness (QED) is 0.598. The van der Waals surface area contributed by atoms with E-state index in [0.29, 0.717) is 6.42 Å². The molecule has 0 aliphatic rings. The third kappa shape index (κ3) is 7.43. The number of hydrogen-bond donors (Lipinski definition) is 2. The maximum atomic E-state index is 9.83. The lowest BCUT2D eigenvalue weighted by Gasteiger charge is -1.90. The van der Waals surface area contributed by atoms with E-state index in [2.05, 4.69) is 0 Å². The highest BCUT2D eigenvalue weighted by Crippen LogP contribution is 1.87. The Hall–Kier alpha value is -0.570. The maximum absolute atomic E-state index is 9.83. The first-order valence-electron chi connectivity index (χ1n) is 2.45. The zero-order valence-corrected chi connectivity index (χ0v) is 5.99. The molecule has 0 atom stereocenters. The van der Waals surface area contributed by atoms with Crippen LogP contribution < -0.4 is 0 Å². The summed E-state index contributed by atoms with van der Waals surface area (Å²) in [6, 6.07) is 0. The van der Waals surface area contributed by atoms with Gasteiger partial charge in [-0.1, -0.05) is 6.92 Å². The molecule has 2 N–H and O–H groups in total. The van der Waals surface area contributed by atoms with Crippen LogP contribution in [0.5, 0.6) is 0 Å². The van der Waals surface area contributed by atoms with E-state index in [9.17, 15) is 4.79 Å². The molecule has 0 aromatic rings. The summed E-state index contributed by atoms with van der Waals surface area (Å²) in [6.07, 6.45) is 0.419. The smallest absolute Gasteiger partial charge is 0.309 e. The Morgan fingerprint density at radius 1 is 1.67 bits per heavy atom. The monoisotopic (exact) mass is 151 g/mol. The van der Waals surface area contributed by atoms with Crippen LogP contribution in [0, 0.1) is 5.41 Å². The summed E-state index contributed by atoms with van der Waals surface area (Å²) in [5.41, 5.74) is 0.275. The largest absolute Gasteiger partial charge is 0.481 e. The minimum absolute atomic E-state index is 0. The highest BCUT2D eigenvalue weighted by atomic mass is 35.5. The first kappa shape index (κ1) is 11.3. The average Bonchev–Trinajstić information content (AvgIpc) is 1.65. The van der Waals surface area contributed by atoms with Gasteiger partial charge < -0.3 is 10.5 Å². The second-order valence-electron chi connectivity index (χ2n) is 1.53. The van der Waals surface area contributed by atoms with Crippen molar-refractivity contribution in [1.29, 1.82) is 5.41 Å². The molecule has 0 heterocycles. The summed E-state index contributed by atoms with van der Waals surface area (Å²) in [4.78, 5) is 9.83. The number of nitrogens with one attached hydrogen (secondary N) is 1. The zero-order valence-electron chi connectivity index (χ0n) is 5.18. The van der Waals surface area contributed by atoms with E-state index in [1.54, 1.807) is 6.92 Å². The number of halogens is 1. The van der Waals surface area contributed by atoms with Crippen LogP contribution in [-0.2, 0) is 4.79 Å². The van der Waals surface area contributed by atoms with E-state index in [0.717, 1.165) is 0 Å². The van der Waals surface area contributed by atoms with E-state index < -0.39 is 5.97 Å². The summed E-state index contributed by atoms with van der Waals surface area (Å²) in [5, 5.41) is 15.0. The zero-order chi connectivity index (χ0) is 6.57. The molecule has 54 valence electrons. The molecule has 0 amide bonds. The van der Waals surface area contributed by atoms with Crippen LogP contribution in [0.3, 0.4) is 0 Å². The fraction of sp³-hybridized carbons (Fsp3) is 0.600. The van der Waals surface area contributed by atoms with Gasteiger partial charge in [0.2, 0.25) is 0 Å². The fourth-order valence-corrected chi connectivity index (χ4v) is 0.308. The molecule has 0 rings (SSSR count). The number of aliphatic carboxylic acids is 1. The lowest BCUT2D eigenvalue weighted by molar-refractivity contribution is -0.135. The van der Waals surface area contributed by atoms with Crippen molar-refractivity contribution in [3.8, 4) is 0 Å². The van der Waals surface area contributed by atoms with E-state index in [1.807, 2.05) is 0 Å². The van der Waals surface area contributed by atoms with Crippen molar-refractivity contribution in [2.24, 2.45) is 0 Å². The number of carboxylic acid groups (broad SMARTS) is 1. The minimum Gasteiger partial charge on any atom is -0.481 e. The molecule has 0 saturated heterocycles. The predicted molar refractivity (Wildman–Crippen MR) is 37.5 cm³/mol. The van der Waals surface area contributed by atoms with Crippen molar-refractivity contribution in [2.75, 3.05) is 0 Å². The van der Waals surface area contributed by atoms with Gasteiger partial charge in [0.15, 0.2) is 0 Å². The van der Waals surface area contributed by atoms with Crippen LogP contribution >= 0.6 is 12.4 Å². The normalized spacial score (nSPS) is 7.67. The molecule has 0 aliphatic carbocycles. The summed E-state index contributed by atoms with van der Waals surface area (Å²) >= 11 is 0. The number of hydrogen-bond acceptors (Lipinski definition) is 2. The third-order valence-electron chi connectivity index (χ3n) is 0.791. The molecule has 0 aromatic carbocycles. The second kappa shape index (κ2) is 5.56. The summed E-state index contributed by atoms with van der Waals surface area (Å²) in [5.74, 6) is -0.920. The SMILES string of the molecule is CCC(=N)CC(=O)O.Cl. The molecule has 0 aromatic heterocycles. The van der Waals surface area contributed by atoms with Crippen LogP contribution in [0.4, 0.5) is 0 Å². The van der Waals surface area contributed by atoms with Crippen LogP contribution in [0.25, 0.3) is 0 Å². The molecule has 0 spiro atoms. The molecule has 0 fully saturated rings. The van der Waals surface area contributed by atoms with Crippen molar-refractivity contribution < 1.29 is 9.90 Å². The minimum atomic E-state index is -0.920.